The lowest BCUT2D eigenvalue weighted by molar-refractivity contribution is -0.906. The molecule has 0 aliphatic carbocycles. The van der Waals surface area contributed by atoms with Gasteiger partial charge in [0.05, 0.1) is 26.7 Å². The molecule has 0 radical (unpaired) electrons. The van der Waals surface area contributed by atoms with E-state index in [1.165, 1.54) is 114 Å². The van der Waals surface area contributed by atoms with Gasteiger partial charge in [0.1, 0.15) is 0 Å². The van der Waals surface area contributed by atoms with Gasteiger partial charge in [-0.25, -0.2) is 0 Å². The molecular weight excluding hydrogens is 290 g/mol. The van der Waals surface area contributed by atoms with Crippen LogP contribution in [0.4, 0.5) is 0 Å². The van der Waals surface area contributed by atoms with Crippen molar-refractivity contribution in [2.45, 2.75) is 111 Å². The van der Waals surface area contributed by atoms with Crippen LogP contribution in [-0.4, -0.2) is 31.2 Å². The van der Waals surface area contributed by atoms with Crippen molar-refractivity contribution in [3.8, 4) is 0 Å². The fourth-order valence-corrected chi connectivity index (χ4v) is 3.28. The smallest absolute Gasteiger partial charge is 0.0784 e. The normalized spacial score (nSPS) is 12.3. The van der Waals surface area contributed by atoms with E-state index in [2.05, 4.69) is 40.0 Å². The van der Waals surface area contributed by atoms with Gasteiger partial charge in [-0.3, -0.25) is 0 Å². The number of allylic oxidation sites excluding steroid dienone is 2. The molecule has 1 heteroatoms. The van der Waals surface area contributed by atoms with Crippen molar-refractivity contribution >= 4 is 0 Å². The minimum Gasteiger partial charge on any atom is -0.327 e. The third-order valence-corrected chi connectivity index (χ3v) is 5.74. The van der Waals surface area contributed by atoms with Gasteiger partial charge in [0.15, 0.2) is 0 Å². The quantitative estimate of drug-likeness (QED) is 0.138. The van der Waals surface area contributed by atoms with Gasteiger partial charge < -0.3 is 4.48 Å². The van der Waals surface area contributed by atoms with E-state index in [-0.39, 0.29) is 0 Å². The molecule has 0 amide bonds. The van der Waals surface area contributed by atoms with Crippen LogP contribution in [0.2, 0.25) is 0 Å². The zero-order valence-electron chi connectivity index (χ0n) is 17.6. The zero-order chi connectivity index (χ0) is 17.9. The summed E-state index contributed by atoms with van der Waals surface area (Å²) in [4.78, 5) is 0. The lowest BCUT2D eigenvalue weighted by Crippen LogP contribution is -2.44. The molecule has 0 aromatic carbocycles. The van der Waals surface area contributed by atoms with Gasteiger partial charge in [-0.2, -0.15) is 0 Å². The molecule has 0 heterocycles. The summed E-state index contributed by atoms with van der Waals surface area (Å²) >= 11 is 0. The van der Waals surface area contributed by atoms with Crippen LogP contribution >= 0.6 is 0 Å². The molecule has 0 aliphatic heterocycles. The molecule has 0 aromatic heterocycles. The summed E-state index contributed by atoms with van der Waals surface area (Å²) in [6, 6.07) is 0. The molecule has 0 aromatic rings. The molecule has 0 spiro atoms. The van der Waals surface area contributed by atoms with Gasteiger partial charge in [0.25, 0.3) is 0 Å². The highest BCUT2D eigenvalue weighted by Gasteiger charge is 2.14. The standard InChI is InChI=1S/C23H48N/c1-5-8-9-10-11-12-13-14-15-16-17-18-19-20-21-22-23-24(4,6-2)7-3/h14-15H,5-13,16-23H2,1-4H3/q+1. The number of hydrogen-bond acceptors (Lipinski definition) is 0. The van der Waals surface area contributed by atoms with Crippen molar-refractivity contribution in [2.24, 2.45) is 0 Å². The number of nitrogens with zero attached hydrogens (tertiary/aromatic N) is 1. The van der Waals surface area contributed by atoms with Crippen molar-refractivity contribution < 1.29 is 4.48 Å². The molecule has 24 heavy (non-hydrogen) atoms. The van der Waals surface area contributed by atoms with Gasteiger partial charge in [0, 0.05) is 0 Å². The molecule has 0 rings (SSSR count). The van der Waals surface area contributed by atoms with Crippen LogP contribution in [0.1, 0.15) is 111 Å². The molecule has 1 nitrogen and oxygen atoms in total. The molecule has 0 bridgehead atoms. The Bertz CT molecular complexity index is 265. The lowest BCUT2D eigenvalue weighted by atomic mass is 10.1. The van der Waals surface area contributed by atoms with Crippen molar-refractivity contribution in [1.29, 1.82) is 0 Å². The molecule has 0 fully saturated rings. The van der Waals surface area contributed by atoms with Crippen LogP contribution in [0, 0.1) is 0 Å². The first-order chi connectivity index (χ1) is 11.7. The molecule has 0 aliphatic rings. The fourth-order valence-electron chi connectivity index (χ4n) is 3.28. The van der Waals surface area contributed by atoms with Crippen molar-refractivity contribution in [1.82, 2.24) is 0 Å². The SMILES string of the molecule is CCCCCCCCC=CCCCCCCCC[N+](C)(CC)CC. The Balaban J connectivity index is 3.23. The first-order valence-electron chi connectivity index (χ1n) is 11.2. The maximum Gasteiger partial charge on any atom is 0.0784 e. The Morgan fingerprint density at radius 2 is 0.958 bits per heavy atom. The Hall–Kier alpha value is -0.300. The average molecular weight is 339 g/mol. The minimum absolute atomic E-state index is 1.25. The number of unbranched alkanes of at least 4 members (excludes halogenated alkanes) is 12. The van der Waals surface area contributed by atoms with Gasteiger partial charge in [-0.05, 0) is 52.4 Å². The van der Waals surface area contributed by atoms with E-state index in [9.17, 15) is 0 Å². The minimum atomic E-state index is 1.25. The maximum atomic E-state index is 2.43. The summed E-state index contributed by atoms with van der Waals surface area (Å²) in [5, 5.41) is 0. The van der Waals surface area contributed by atoms with E-state index < -0.39 is 0 Å². The number of hydrogen-bond donors (Lipinski definition) is 0. The zero-order valence-corrected chi connectivity index (χ0v) is 17.6. The fraction of sp³-hybridized carbons (Fsp3) is 0.913. The first kappa shape index (κ1) is 23.7. The van der Waals surface area contributed by atoms with Crippen molar-refractivity contribution in [2.75, 3.05) is 26.7 Å². The third kappa shape index (κ3) is 15.2. The van der Waals surface area contributed by atoms with Gasteiger partial charge >= 0.3 is 0 Å². The molecule has 144 valence electrons. The maximum absolute atomic E-state index is 2.43. The predicted molar refractivity (Wildman–Crippen MR) is 112 cm³/mol. The largest absolute Gasteiger partial charge is 0.327 e. The highest BCUT2D eigenvalue weighted by Crippen LogP contribution is 2.11. The van der Waals surface area contributed by atoms with E-state index >= 15 is 0 Å². The molecule has 0 saturated heterocycles. The van der Waals surface area contributed by atoms with Crippen LogP contribution in [-0.2, 0) is 0 Å². The second kappa shape index (κ2) is 17.5. The van der Waals surface area contributed by atoms with Crippen molar-refractivity contribution in [3.05, 3.63) is 12.2 Å². The monoisotopic (exact) mass is 338 g/mol. The number of rotatable bonds is 18. The summed E-state index contributed by atoms with van der Waals surface area (Å²) in [6.45, 7) is 10.9. The average Bonchev–Trinajstić information content (AvgIpc) is 2.61. The van der Waals surface area contributed by atoms with Crippen LogP contribution in [0.25, 0.3) is 0 Å². The van der Waals surface area contributed by atoms with Crippen LogP contribution in [0.3, 0.4) is 0 Å². The summed E-state index contributed by atoms with van der Waals surface area (Å²) < 4.78 is 1.25. The predicted octanol–water partition coefficient (Wildman–Crippen LogP) is 7.51. The van der Waals surface area contributed by atoms with Gasteiger partial charge in [-0.15, -0.1) is 0 Å². The molecule has 0 atom stereocenters. The Labute approximate surface area is 154 Å². The Kier molecular flexibility index (Phi) is 17.3. The third-order valence-electron chi connectivity index (χ3n) is 5.74. The Morgan fingerprint density at radius 3 is 1.42 bits per heavy atom. The van der Waals surface area contributed by atoms with E-state index in [1.54, 1.807) is 0 Å². The highest BCUT2D eigenvalue weighted by molar-refractivity contribution is 4.81. The van der Waals surface area contributed by atoms with E-state index in [4.69, 9.17) is 0 Å². The summed E-state index contributed by atoms with van der Waals surface area (Å²) in [7, 11) is 2.40. The second-order valence-corrected chi connectivity index (χ2v) is 7.91. The van der Waals surface area contributed by atoms with Crippen LogP contribution < -0.4 is 0 Å². The molecule has 0 unspecified atom stereocenters. The lowest BCUT2D eigenvalue weighted by Gasteiger charge is -2.32. The summed E-state index contributed by atoms with van der Waals surface area (Å²) in [5.74, 6) is 0. The van der Waals surface area contributed by atoms with E-state index in [1.807, 2.05) is 0 Å². The number of quaternary nitrogens is 1. The van der Waals surface area contributed by atoms with E-state index in [0.717, 1.165) is 0 Å². The topological polar surface area (TPSA) is 0 Å². The Morgan fingerprint density at radius 1 is 0.542 bits per heavy atom. The molecule has 0 saturated carbocycles. The second-order valence-electron chi connectivity index (χ2n) is 7.91. The molecule has 0 N–H and O–H groups in total. The van der Waals surface area contributed by atoms with Gasteiger partial charge in [-0.1, -0.05) is 70.4 Å². The van der Waals surface area contributed by atoms with Gasteiger partial charge in [0.2, 0.25) is 0 Å². The van der Waals surface area contributed by atoms with Crippen molar-refractivity contribution in [3.63, 3.8) is 0 Å². The summed E-state index contributed by atoms with van der Waals surface area (Å²) in [6.07, 6.45) is 24.5. The first-order valence-corrected chi connectivity index (χ1v) is 11.2. The van der Waals surface area contributed by atoms with Crippen LogP contribution in [0.15, 0.2) is 12.2 Å². The van der Waals surface area contributed by atoms with Crippen LogP contribution in [0.5, 0.6) is 0 Å². The highest BCUT2D eigenvalue weighted by atomic mass is 15.3. The van der Waals surface area contributed by atoms with E-state index in [0.29, 0.717) is 0 Å². The summed E-state index contributed by atoms with van der Waals surface area (Å²) in [5.41, 5.74) is 0. The molecular formula is C23H48N+.